The molecule has 1 amide bonds. The second kappa shape index (κ2) is 5.04. The predicted octanol–water partition coefficient (Wildman–Crippen LogP) is 0.0735. The topological polar surface area (TPSA) is 114 Å². The first-order chi connectivity index (χ1) is 10.2. The largest absolute Gasteiger partial charge is 0.466 e. The SMILES string of the molecule is COc1n[nH]c(NC(=O)c2cnc3ccccn3c2=O)n1. The summed E-state index contributed by atoms with van der Waals surface area (Å²) in [5.74, 6) is -0.557. The second-order valence-corrected chi connectivity index (χ2v) is 4.03. The zero-order valence-electron chi connectivity index (χ0n) is 10.9. The Morgan fingerprint density at radius 2 is 2.29 bits per heavy atom. The summed E-state index contributed by atoms with van der Waals surface area (Å²) in [7, 11) is 1.40. The predicted molar refractivity (Wildman–Crippen MR) is 72.3 cm³/mol. The molecule has 9 heteroatoms. The van der Waals surface area contributed by atoms with Crippen molar-refractivity contribution in [3.8, 4) is 6.01 Å². The lowest BCUT2D eigenvalue weighted by atomic mass is 10.3. The number of ether oxygens (including phenoxy) is 1. The number of nitrogens with zero attached hydrogens (tertiary/aromatic N) is 4. The van der Waals surface area contributed by atoms with E-state index in [9.17, 15) is 9.59 Å². The van der Waals surface area contributed by atoms with E-state index in [-0.39, 0.29) is 17.5 Å². The number of anilines is 1. The van der Waals surface area contributed by atoms with Gasteiger partial charge in [-0.15, -0.1) is 5.10 Å². The number of hydrogen-bond donors (Lipinski definition) is 2. The van der Waals surface area contributed by atoms with E-state index < -0.39 is 11.5 Å². The van der Waals surface area contributed by atoms with Crippen LogP contribution in [0.25, 0.3) is 5.65 Å². The number of aromatic nitrogens is 5. The fraction of sp³-hybridized carbons (Fsp3) is 0.0833. The van der Waals surface area contributed by atoms with Gasteiger partial charge in [0.25, 0.3) is 11.5 Å². The maximum Gasteiger partial charge on any atom is 0.336 e. The molecule has 0 atom stereocenters. The van der Waals surface area contributed by atoms with Gasteiger partial charge in [0.1, 0.15) is 11.2 Å². The van der Waals surface area contributed by atoms with Gasteiger partial charge >= 0.3 is 6.01 Å². The van der Waals surface area contributed by atoms with Crippen molar-refractivity contribution in [1.29, 1.82) is 0 Å². The van der Waals surface area contributed by atoms with Crippen LogP contribution in [-0.2, 0) is 0 Å². The molecule has 106 valence electrons. The van der Waals surface area contributed by atoms with E-state index in [1.165, 1.54) is 17.7 Å². The number of carbonyl (C=O) groups is 1. The number of carbonyl (C=O) groups excluding carboxylic acids is 1. The van der Waals surface area contributed by atoms with Gasteiger partial charge in [-0.05, 0) is 12.1 Å². The minimum atomic E-state index is -0.635. The Morgan fingerprint density at radius 3 is 3.05 bits per heavy atom. The highest BCUT2D eigenvalue weighted by Gasteiger charge is 2.15. The molecule has 9 nitrogen and oxygen atoms in total. The molecule has 3 heterocycles. The lowest BCUT2D eigenvalue weighted by Gasteiger charge is -2.03. The van der Waals surface area contributed by atoms with Gasteiger partial charge in [0.05, 0.1) is 7.11 Å². The summed E-state index contributed by atoms with van der Waals surface area (Å²) in [6.45, 7) is 0. The molecule has 2 N–H and O–H groups in total. The van der Waals surface area contributed by atoms with Gasteiger partial charge in [0.15, 0.2) is 0 Å². The van der Waals surface area contributed by atoms with Crippen LogP contribution in [0.4, 0.5) is 5.95 Å². The van der Waals surface area contributed by atoms with Gasteiger partial charge in [-0.1, -0.05) is 6.07 Å². The van der Waals surface area contributed by atoms with E-state index in [4.69, 9.17) is 4.74 Å². The Labute approximate surface area is 117 Å². The van der Waals surface area contributed by atoms with Crippen LogP contribution in [0.5, 0.6) is 6.01 Å². The summed E-state index contributed by atoms with van der Waals surface area (Å²) in [6, 6.07) is 5.19. The zero-order chi connectivity index (χ0) is 14.8. The molecule has 0 bridgehead atoms. The smallest absolute Gasteiger partial charge is 0.336 e. The highest BCUT2D eigenvalue weighted by atomic mass is 16.5. The Hall–Kier alpha value is -3.23. The average Bonchev–Trinajstić information content (AvgIpc) is 2.95. The number of fused-ring (bicyclic) bond motifs is 1. The maximum atomic E-state index is 12.2. The number of nitrogens with one attached hydrogen (secondary N) is 2. The van der Waals surface area contributed by atoms with Crippen LogP contribution in [0.2, 0.25) is 0 Å². The monoisotopic (exact) mass is 286 g/mol. The minimum absolute atomic E-state index is 0.0782. The number of methoxy groups -OCH3 is 1. The Balaban J connectivity index is 1.94. The number of amides is 1. The summed E-state index contributed by atoms with van der Waals surface area (Å²) in [5.41, 5.74) is -0.112. The summed E-state index contributed by atoms with van der Waals surface area (Å²) < 4.78 is 6.07. The number of rotatable bonds is 3. The molecule has 0 fully saturated rings. The maximum absolute atomic E-state index is 12.2. The van der Waals surface area contributed by atoms with Crippen LogP contribution >= 0.6 is 0 Å². The molecule has 0 unspecified atom stereocenters. The van der Waals surface area contributed by atoms with Gasteiger partial charge in [-0.3, -0.25) is 19.3 Å². The quantitative estimate of drug-likeness (QED) is 0.704. The number of pyridine rings is 1. The first kappa shape index (κ1) is 12.8. The van der Waals surface area contributed by atoms with Crippen molar-refractivity contribution in [2.24, 2.45) is 0 Å². The number of aromatic amines is 1. The third-order valence-electron chi connectivity index (χ3n) is 2.74. The number of hydrogen-bond acceptors (Lipinski definition) is 6. The first-order valence-electron chi connectivity index (χ1n) is 5.93. The Bertz CT molecular complexity index is 869. The zero-order valence-corrected chi connectivity index (χ0v) is 10.9. The molecule has 0 aromatic carbocycles. The fourth-order valence-electron chi connectivity index (χ4n) is 1.75. The summed E-state index contributed by atoms with van der Waals surface area (Å²) >= 11 is 0. The summed E-state index contributed by atoms with van der Waals surface area (Å²) in [6.07, 6.45) is 2.76. The molecular formula is C12H10N6O3. The van der Waals surface area contributed by atoms with Crippen LogP contribution in [0.1, 0.15) is 10.4 Å². The van der Waals surface area contributed by atoms with Gasteiger partial charge in [-0.2, -0.15) is 4.98 Å². The van der Waals surface area contributed by atoms with Crippen LogP contribution < -0.4 is 15.6 Å². The van der Waals surface area contributed by atoms with Crippen molar-refractivity contribution >= 4 is 17.5 Å². The van der Waals surface area contributed by atoms with Gasteiger partial charge in [0, 0.05) is 12.4 Å². The van der Waals surface area contributed by atoms with E-state index in [1.807, 2.05) is 0 Å². The highest BCUT2D eigenvalue weighted by Crippen LogP contribution is 2.06. The molecule has 3 aromatic rings. The highest BCUT2D eigenvalue weighted by molar-refractivity contribution is 6.02. The molecule has 0 spiro atoms. The number of H-pyrrole nitrogens is 1. The molecule has 0 aliphatic carbocycles. The molecule has 3 aromatic heterocycles. The van der Waals surface area contributed by atoms with Crippen LogP contribution in [0.15, 0.2) is 35.4 Å². The van der Waals surface area contributed by atoms with Gasteiger partial charge < -0.3 is 4.74 Å². The van der Waals surface area contributed by atoms with Gasteiger partial charge in [-0.25, -0.2) is 10.1 Å². The van der Waals surface area contributed by atoms with E-state index >= 15 is 0 Å². The molecular weight excluding hydrogens is 276 g/mol. The second-order valence-electron chi connectivity index (χ2n) is 4.03. The fourth-order valence-corrected chi connectivity index (χ4v) is 1.75. The van der Waals surface area contributed by atoms with Crippen molar-refractivity contribution in [2.45, 2.75) is 0 Å². The van der Waals surface area contributed by atoms with E-state index in [2.05, 4.69) is 25.5 Å². The van der Waals surface area contributed by atoms with E-state index in [1.54, 1.807) is 24.4 Å². The van der Waals surface area contributed by atoms with Crippen molar-refractivity contribution in [3.63, 3.8) is 0 Å². The van der Waals surface area contributed by atoms with Crippen molar-refractivity contribution in [1.82, 2.24) is 24.6 Å². The standard InChI is InChI=1S/C12H10N6O3/c1-21-12-15-11(16-17-12)14-9(19)7-6-13-8-4-2-3-5-18(8)10(7)20/h2-6H,1H3,(H2,14,15,16,17,19). The molecule has 21 heavy (non-hydrogen) atoms. The van der Waals surface area contributed by atoms with E-state index in [0.29, 0.717) is 5.65 Å². The third-order valence-corrected chi connectivity index (χ3v) is 2.74. The minimum Gasteiger partial charge on any atom is -0.466 e. The average molecular weight is 286 g/mol. The van der Waals surface area contributed by atoms with Crippen molar-refractivity contribution in [2.75, 3.05) is 12.4 Å². The van der Waals surface area contributed by atoms with Gasteiger partial charge in [0.2, 0.25) is 5.95 Å². The molecule has 3 rings (SSSR count). The Morgan fingerprint density at radius 1 is 1.43 bits per heavy atom. The van der Waals surface area contributed by atoms with Crippen LogP contribution in [-0.4, -0.2) is 37.6 Å². The summed E-state index contributed by atoms with van der Waals surface area (Å²) in [4.78, 5) is 32.2. The van der Waals surface area contributed by atoms with Crippen LogP contribution in [0, 0.1) is 0 Å². The Kier molecular flexibility index (Phi) is 3.07. The molecule has 0 aliphatic rings. The normalized spacial score (nSPS) is 10.5. The molecule has 0 aliphatic heterocycles. The molecule has 0 saturated carbocycles. The molecule has 0 saturated heterocycles. The third kappa shape index (κ3) is 2.31. The van der Waals surface area contributed by atoms with E-state index in [0.717, 1.165) is 0 Å². The summed E-state index contributed by atoms with van der Waals surface area (Å²) in [5, 5.41) is 8.57. The van der Waals surface area contributed by atoms with Crippen LogP contribution in [0.3, 0.4) is 0 Å². The first-order valence-corrected chi connectivity index (χ1v) is 5.93. The lowest BCUT2D eigenvalue weighted by Crippen LogP contribution is -2.26. The molecule has 0 radical (unpaired) electrons. The van der Waals surface area contributed by atoms with Crippen molar-refractivity contribution in [3.05, 3.63) is 46.5 Å². The van der Waals surface area contributed by atoms with Crippen molar-refractivity contribution < 1.29 is 9.53 Å². The lowest BCUT2D eigenvalue weighted by molar-refractivity contribution is 0.102.